The maximum absolute atomic E-state index is 12.0. The Bertz CT molecular complexity index is 346. The number of hydrogen-bond acceptors (Lipinski definition) is 3. The van der Waals surface area contributed by atoms with Crippen LogP contribution in [0, 0.1) is 5.92 Å². The summed E-state index contributed by atoms with van der Waals surface area (Å²) in [4.78, 5) is 25.9. The number of nitrogens with two attached hydrogens (primary N) is 1. The minimum absolute atomic E-state index is 0. The first-order valence-electron chi connectivity index (χ1n) is 7.98. The van der Waals surface area contributed by atoms with E-state index in [0.717, 1.165) is 51.6 Å². The summed E-state index contributed by atoms with van der Waals surface area (Å²) in [5.41, 5.74) is 5.90. The molecule has 2 unspecified atom stereocenters. The zero-order valence-electron chi connectivity index (χ0n) is 12.7. The molecule has 2 aliphatic rings. The predicted octanol–water partition coefficient (Wildman–Crippen LogP) is 1.44. The van der Waals surface area contributed by atoms with Gasteiger partial charge in [-0.2, -0.15) is 0 Å². The van der Waals surface area contributed by atoms with Gasteiger partial charge in [-0.15, -0.1) is 12.4 Å². The molecular formula is C15H28ClN3O2. The van der Waals surface area contributed by atoms with Gasteiger partial charge in [-0.25, -0.2) is 0 Å². The minimum atomic E-state index is 0. The summed E-state index contributed by atoms with van der Waals surface area (Å²) in [7, 11) is 0. The fraction of sp³-hybridized carbons (Fsp3) is 0.867. The number of nitrogens with one attached hydrogen (secondary N) is 1. The lowest BCUT2D eigenvalue weighted by molar-refractivity contribution is -0.132. The maximum atomic E-state index is 12.0. The molecule has 2 rings (SSSR count). The van der Waals surface area contributed by atoms with Crippen LogP contribution in [-0.4, -0.2) is 42.4 Å². The van der Waals surface area contributed by atoms with Crippen molar-refractivity contribution in [1.82, 2.24) is 10.2 Å². The van der Waals surface area contributed by atoms with Crippen LogP contribution in [0.3, 0.4) is 0 Å². The summed E-state index contributed by atoms with van der Waals surface area (Å²) in [6.07, 6.45) is 7.64. The van der Waals surface area contributed by atoms with E-state index in [1.54, 1.807) is 0 Å². The third-order valence-electron chi connectivity index (χ3n) is 4.43. The Morgan fingerprint density at radius 3 is 2.48 bits per heavy atom. The van der Waals surface area contributed by atoms with Crippen LogP contribution in [0.15, 0.2) is 0 Å². The van der Waals surface area contributed by atoms with Crippen molar-refractivity contribution >= 4 is 24.2 Å². The number of piperidine rings is 1. The molecule has 0 aromatic rings. The summed E-state index contributed by atoms with van der Waals surface area (Å²) < 4.78 is 0. The molecule has 0 radical (unpaired) electrons. The second-order valence-electron chi connectivity index (χ2n) is 6.11. The molecule has 6 heteroatoms. The predicted molar refractivity (Wildman–Crippen MR) is 85.2 cm³/mol. The van der Waals surface area contributed by atoms with Gasteiger partial charge < -0.3 is 16.0 Å². The zero-order valence-corrected chi connectivity index (χ0v) is 13.5. The topological polar surface area (TPSA) is 75.4 Å². The largest absolute Gasteiger partial charge is 0.355 e. The van der Waals surface area contributed by atoms with Crippen LogP contribution in [0.5, 0.6) is 0 Å². The van der Waals surface area contributed by atoms with Crippen molar-refractivity contribution in [3.63, 3.8) is 0 Å². The Labute approximate surface area is 133 Å². The van der Waals surface area contributed by atoms with Crippen LogP contribution < -0.4 is 11.1 Å². The second-order valence-corrected chi connectivity index (χ2v) is 6.11. The van der Waals surface area contributed by atoms with E-state index < -0.39 is 0 Å². The number of halogens is 1. The molecule has 1 saturated heterocycles. The average Bonchev–Trinajstić information content (AvgIpc) is 2.48. The van der Waals surface area contributed by atoms with Gasteiger partial charge in [0.15, 0.2) is 0 Å². The monoisotopic (exact) mass is 317 g/mol. The van der Waals surface area contributed by atoms with Crippen molar-refractivity contribution < 1.29 is 9.59 Å². The molecule has 1 heterocycles. The zero-order chi connectivity index (χ0) is 14.4. The lowest BCUT2D eigenvalue weighted by Crippen LogP contribution is -2.40. The summed E-state index contributed by atoms with van der Waals surface area (Å²) in [5, 5.41) is 2.90. The molecule has 2 atom stereocenters. The van der Waals surface area contributed by atoms with E-state index >= 15 is 0 Å². The molecule has 5 nitrogen and oxygen atoms in total. The third kappa shape index (κ3) is 5.83. The fourth-order valence-corrected chi connectivity index (χ4v) is 3.20. The first kappa shape index (κ1) is 18.2. The Kier molecular flexibility index (Phi) is 8.04. The van der Waals surface area contributed by atoms with Crippen molar-refractivity contribution in [2.24, 2.45) is 11.7 Å². The smallest absolute Gasteiger partial charge is 0.224 e. The Morgan fingerprint density at radius 1 is 1.10 bits per heavy atom. The quantitative estimate of drug-likeness (QED) is 0.824. The molecule has 3 N–H and O–H groups in total. The molecule has 1 aliphatic heterocycles. The van der Waals surface area contributed by atoms with Crippen molar-refractivity contribution in [3.05, 3.63) is 0 Å². The van der Waals surface area contributed by atoms with Crippen LogP contribution in [0.25, 0.3) is 0 Å². The van der Waals surface area contributed by atoms with Crippen LogP contribution >= 0.6 is 12.4 Å². The lowest BCUT2D eigenvalue weighted by atomic mass is 9.85. The van der Waals surface area contributed by atoms with E-state index in [4.69, 9.17) is 5.73 Å². The summed E-state index contributed by atoms with van der Waals surface area (Å²) in [6, 6.07) is 0.162. The average molecular weight is 318 g/mol. The van der Waals surface area contributed by atoms with E-state index in [1.807, 2.05) is 4.90 Å². The van der Waals surface area contributed by atoms with Gasteiger partial charge in [0.2, 0.25) is 11.8 Å². The van der Waals surface area contributed by atoms with Gasteiger partial charge in [-0.3, -0.25) is 9.59 Å². The van der Waals surface area contributed by atoms with Crippen LogP contribution in [0.1, 0.15) is 51.4 Å². The van der Waals surface area contributed by atoms with Crippen molar-refractivity contribution in [2.75, 3.05) is 19.6 Å². The Balaban J connectivity index is 0.00000220. The van der Waals surface area contributed by atoms with E-state index in [-0.39, 0.29) is 36.2 Å². The molecule has 2 fully saturated rings. The molecule has 2 amide bonds. The highest BCUT2D eigenvalue weighted by Gasteiger charge is 2.25. The van der Waals surface area contributed by atoms with Crippen molar-refractivity contribution in [3.8, 4) is 0 Å². The minimum Gasteiger partial charge on any atom is -0.355 e. The van der Waals surface area contributed by atoms with Crippen molar-refractivity contribution in [2.45, 2.75) is 57.4 Å². The van der Waals surface area contributed by atoms with E-state index in [0.29, 0.717) is 13.0 Å². The first-order valence-corrected chi connectivity index (χ1v) is 7.98. The molecule has 21 heavy (non-hydrogen) atoms. The van der Waals surface area contributed by atoms with Crippen LogP contribution in [0.4, 0.5) is 0 Å². The Hall–Kier alpha value is -0.810. The number of likely N-dealkylation sites (tertiary alicyclic amines) is 1. The number of carbonyl (C=O) groups is 2. The fourth-order valence-electron chi connectivity index (χ4n) is 3.20. The van der Waals surface area contributed by atoms with Gasteiger partial charge in [0.25, 0.3) is 0 Å². The van der Waals surface area contributed by atoms with Crippen LogP contribution in [-0.2, 0) is 9.59 Å². The Morgan fingerprint density at radius 2 is 1.81 bits per heavy atom. The van der Waals surface area contributed by atoms with Gasteiger partial charge in [0.05, 0.1) is 0 Å². The summed E-state index contributed by atoms with van der Waals surface area (Å²) in [5.74, 6) is 0.292. The molecule has 122 valence electrons. The number of amides is 2. The maximum Gasteiger partial charge on any atom is 0.224 e. The lowest BCUT2D eigenvalue weighted by Gasteiger charge is -2.27. The van der Waals surface area contributed by atoms with Gasteiger partial charge in [0, 0.05) is 38.0 Å². The first-order chi connectivity index (χ1) is 9.66. The molecule has 1 aliphatic carbocycles. The summed E-state index contributed by atoms with van der Waals surface area (Å²) in [6.45, 7) is 2.22. The summed E-state index contributed by atoms with van der Waals surface area (Å²) >= 11 is 0. The van der Waals surface area contributed by atoms with Crippen molar-refractivity contribution in [1.29, 1.82) is 0 Å². The molecule has 0 spiro atoms. The highest BCUT2D eigenvalue weighted by molar-refractivity contribution is 5.85. The highest BCUT2D eigenvalue weighted by atomic mass is 35.5. The number of rotatable bonds is 4. The molecule has 0 aromatic carbocycles. The highest BCUT2D eigenvalue weighted by Crippen LogP contribution is 2.23. The van der Waals surface area contributed by atoms with E-state index in [1.165, 1.54) is 6.42 Å². The van der Waals surface area contributed by atoms with Gasteiger partial charge >= 0.3 is 0 Å². The molecule has 1 saturated carbocycles. The number of hydrogen-bond donors (Lipinski definition) is 2. The molecule has 0 aromatic heterocycles. The number of nitrogens with zero attached hydrogens (tertiary/aromatic N) is 1. The van der Waals surface area contributed by atoms with E-state index in [9.17, 15) is 9.59 Å². The van der Waals surface area contributed by atoms with Gasteiger partial charge in [-0.05, 0) is 38.5 Å². The molecular weight excluding hydrogens is 290 g/mol. The second kappa shape index (κ2) is 9.26. The van der Waals surface area contributed by atoms with E-state index in [2.05, 4.69) is 5.32 Å². The van der Waals surface area contributed by atoms with Crippen LogP contribution in [0.2, 0.25) is 0 Å². The standard InChI is InChI=1S/C15H27N3O2.ClH/c16-13-6-4-5-12(11-13)15(20)17-8-7-14(19)18-9-2-1-3-10-18;/h12-13H,1-11,16H2,(H,17,20);1H. The SMILES string of the molecule is Cl.NC1CCCC(C(=O)NCCC(=O)N2CCCCC2)C1. The molecule has 0 bridgehead atoms. The van der Waals surface area contributed by atoms with Gasteiger partial charge in [-0.1, -0.05) is 6.42 Å². The normalized spacial score (nSPS) is 25.9. The third-order valence-corrected chi connectivity index (χ3v) is 4.43. The number of carbonyl (C=O) groups excluding carboxylic acids is 2. The van der Waals surface area contributed by atoms with Gasteiger partial charge in [0.1, 0.15) is 0 Å².